The summed E-state index contributed by atoms with van der Waals surface area (Å²) in [4.78, 5) is 31.9. The third-order valence-corrected chi connectivity index (χ3v) is 6.65. The third-order valence-electron chi connectivity index (χ3n) is 5.40. The molecule has 1 aromatic heterocycles. The zero-order chi connectivity index (χ0) is 24.1. The zero-order valence-electron chi connectivity index (χ0n) is 18.8. The van der Waals surface area contributed by atoms with Gasteiger partial charge in [0.05, 0.1) is 27.2 Å². The van der Waals surface area contributed by atoms with Crippen molar-refractivity contribution in [3.8, 4) is 22.5 Å². The Balaban J connectivity index is 1.61. The number of amides is 1. The molecule has 3 aromatic carbocycles. The number of hydrogen-bond acceptors (Lipinski definition) is 5. The quantitative estimate of drug-likeness (QED) is 0.174. The van der Waals surface area contributed by atoms with Crippen molar-refractivity contribution in [2.45, 2.75) is 30.7 Å². The minimum Gasteiger partial charge on any atom is -0.332 e. The number of aromatic nitrogens is 2. The molecule has 0 bridgehead atoms. The van der Waals surface area contributed by atoms with E-state index in [4.69, 9.17) is 4.98 Å². The van der Waals surface area contributed by atoms with Crippen LogP contribution in [-0.4, -0.2) is 26.0 Å². The lowest BCUT2D eigenvalue weighted by molar-refractivity contribution is -0.384. The van der Waals surface area contributed by atoms with E-state index in [-0.39, 0.29) is 11.6 Å². The van der Waals surface area contributed by atoms with Crippen LogP contribution >= 0.6 is 11.8 Å². The summed E-state index contributed by atoms with van der Waals surface area (Å²) in [5.74, 6) is -0.227. The highest BCUT2D eigenvalue weighted by atomic mass is 32.2. The van der Waals surface area contributed by atoms with Crippen LogP contribution in [0.25, 0.3) is 22.5 Å². The first-order valence-corrected chi connectivity index (χ1v) is 11.8. The largest absolute Gasteiger partial charge is 0.332 e. The number of benzene rings is 3. The second kappa shape index (κ2) is 10.4. The Labute approximate surface area is 201 Å². The van der Waals surface area contributed by atoms with Gasteiger partial charge >= 0.3 is 0 Å². The van der Waals surface area contributed by atoms with Gasteiger partial charge in [0.25, 0.3) is 5.69 Å². The van der Waals surface area contributed by atoms with Crippen LogP contribution in [0, 0.1) is 17.0 Å². The molecule has 0 aliphatic heterocycles. The summed E-state index contributed by atoms with van der Waals surface area (Å²) >= 11 is 1.34. The Morgan fingerprint density at radius 1 is 1.06 bits per heavy atom. The predicted molar refractivity (Wildman–Crippen MR) is 136 cm³/mol. The van der Waals surface area contributed by atoms with Crippen LogP contribution in [0.15, 0.2) is 84.0 Å². The standard InChI is InChI=1S/C26H24N4O3S/c1-3-22(25(31)27-21-16-20(30(32)33)15-14-17(21)2)34-26-28-23(18-10-6-4-7-11-18)24(29-26)19-12-8-5-9-13-19/h4-16,22H,3H2,1-2H3,(H,27,31)(H,28,29). The SMILES string of the molecule is CCC(Sc1nc(-c2ccccc2)c(-c2ccccc2)[nH]1)C(=O)Nc1cc([N+](=O)[O-])ccc1C. The van der Waals surface area contributed by atoms with E-state index in [1.165, 1.54) is 23.9 Å². The lowest BCUT2D eigenvalue weighted by Gasteiger charge is -2.14. The Morgan fingerprint density at radius 2 is 1.71 bits per heavy atom. The van der Waals surface area contributed by atoms with Crippen LogP contribution in [0.4, 0.5) is 11.4 Å². The smallest absolute Gasteiger partial charge is 0.271 e. The van der Waals surface area contributed by atoms with Crippen LogP contribution in [-0.2, 0) is 4.79 Å². The van der Waals surface area contributed by atoms with Crippen molar-refractivity contribution in [1.82, 2.24) is 9.97 Å². The second-order valence-corrected chi connectivity index (χ2v) is 8.95. The molecule has 1 heterocycles. The van der Waals surface area contributed by atoms with Crippen molar-refractivity contribution in [3.05, 3.63) is 94.5 Å². The molecular weight excluding hydrogens is 448 g/mol. The number of aromatic amines is 1. The third kappa shape index (κ3) is 5.18. The first-order valence-electron chi connectivity index (χ1n) is 10.9. The number of nitrogens with zero attached hydrogens (tertiary/aromatic N) is 2. The summed E-state index contributed by atoms with van der Waals surface area (Å²) in [6.45, 7) is 3.73. The van der Waals surface area contributed by atoms with Crippen molar-refractivity contribution in [2.75, 3.05) is 5.32 Å². The average molecular weight is 473 g/mol. The maximum atomic E-state index is 13.1. The number of non-ortho nitro benzene ring substituents is 1. The van der Waals surface area contributed by atoms with Crippen LogP contribution < -0.4 is 5.32 Å². The molecule has 4 rings (SSSR count). The molecule has 1 unspecified atom stereocenters. The summed E-state index contributed by atoms with van der Waals surface area (Å²) in [6.07, 6.45) is 0.562. The fraction of sp³-hybridized carbons (Fsp3) is 0.154. The molecule has 172 valence electrons. The molecule has 1 atom stereocenters. The van der Waals surface area contributed by atoms with Crippen molar-refractivity contribution in [2.24, 2.45) is 0 Å². The number of carbonyl (C=O) groups excluding carboxylic acids is 1. The minimum absolute atomic E-state index is 0.0624. The van der Waals surface area contributed by atoms with Gasteiger partial charge in [-0.3, -0.25) is 14.9 Å². The molecule has 2 N–H and O–H groups in total. The maximum Gasteiger partial charge on any atom is 0.271 e. The van der Waals surface area contributed by atoms with Gasteiger partial charge in [-0.25, -0.2) is 4.98 Å². The van der Waals surface area contributed by atoms with E-state index >= 15 is 0 Å². The highest BCUT2D eigenvalue weighted by Crippen LogP contribution is 2.34. The number of aryl methyl sites for hydroxylation is 1. The zero-order valence-corrected chi connectivity index (χ0v) is 19.6. The molecule has 0 spiro atoms. The van der Waals surface area contributed by atoms with Gasteiger partial charge in [-0.05, 0) is 18.9 Å². The monoisotopic (exact) mass is 472 g/mol. The first-order chi connectivity index (χ1) is 16.5. The van der Waals surface area contributed by atoms with Gasteiger partial charge in [0, 0.05) is 23.3 Å². The van der Waals surface area contributed by atoms with Gasteiger partial charge in [0.2, 0.25) is 5.91 Å². The van der Waals surface area contributed by atoms with Crippen molar-refractivity contribution < 1.29 is 9.72 Å². The molecule has 8 heteroatoms. The molecule has 0 saturated heterocycles. The van der Waals surface area contributed by atoms with Crippen LogP contribution in [0.3, 0.4) is 0 Å². The number of imidazole rings is 1. The average Bonchev–Trinajstić information content (AvgIpc) is 3.28. The van der Waals surface area contributed by atoms with E-state index in [0.717, 1.165) is 28.1 Å². The number of nitro groups is 1. The summed E-state index contributed by atoms with van der Waals surface area (Å²) in [5, 5.41) is 14.2. The van der Waals surface area contributed by atoms with E-state index in [1.54, 1.807) is 13.0 Å². The number of rotatable bonds is 8. The molecule has 0 aliphatic carbocycles. The molecule has 7 nitrogen and oxygen atoms in total. The maximum absolute atomic E-state index is 13.1. The number of carbonyl (C=O) groups is 1. The molecule has 0 aliphatic rings. The van der Waals surface area contributed by atoms with E-state index in [0.29, 0.717) is 17.3 Å². The fourth-order valence-electron chi connectivity index (χ4n) is 3.55. The highest BCUT2D eigenvalue weighted by Gasteiger charge is 2.23. The molecule has 0 radical (unpaired) electrons. The lowest BCUT2D eigenvalue weighted by Crippen LogP contribution is -2.25. The van der Waals surface area contributed by atoms with Crippen molar-refractivity contribution in [1.29, 1.82) is 0 Å². The highest BCUT2D eigenvalue weighted by molar-refractivity contribution is 8.00. The van der Waals surface area contributed by atoms with Crippen molar-refractivity contribution >= 4 is 29.0 Å². The van der Waals surface area contributed by atoms with Gasteiger partial charge in [-0.2, -0.15) is 0 Å². The number of nitro benzene ring substituents is 1. The van der Waals surface area contributed by atoms with Gasteiger partial charge in [0.1, 0.15) is 0 Å². The molecular formula is C26H24N4O3S. The molecule has 1 amide bonds. The number of hydrogen-bond donors (Lipinski definition) is 2. The van der Waals surface area contributed by atoms with E-state index in [2.05, 4.69) is 10.3 Å². The fourth-order valence-corrected chi connectivity index (χ4v) is 4.46. The van der Waals surface area contributed by atoms with Crippen LogP contribution in [0.2, 0.25) is 0 Å². The number of thioether (sulfide) groups is 1. The minimum atomic E-state index is -0.472. The topological polar surface area (TPSA) is 101 Å². The molecule has 4 aromatic rings. The Kier molecular flexibility index (Phi) is 7.08. The van der Waals surface area contributed by atoms with Gasteiger partial charge < -0.3 is 10.3 Å². The Hall–Kier alpha value is -3.91. The van der Waals surface area contributed by atoms with E-state index in [1.807, 2.05) is 67.6 Å². The molecule has 0 saturated carbocycles. The number of anilines is 1. The van der Waals surface area contributed by atoms with E-state index in [9.17, 15) is 14.9 Å². The van der Waals surface area contributed by atoms with E-state index < -0.39 is 10.2 Å². The van der Waals surface area contributed by atoms with Gasteiger partial charge in [0.15, 0.2) is 5.16 Å². The number of nitrogens with one attached hydrogen (secondary N) is 2. The summed E-state index contributed by atoms with van der Waals surface area (Å²) in [5.41, 5.74) is 4.83. The Morgan fingerprint density at radius 3 is 2.32 bits per heavy atom. The molecule has 0 fully saturated rings. The second-order valence-electron chi connectivity index (χ2n) is 7.76. The number of H-pyrrole nitrogens is 1. The van der Waals surface area contributed by atoms with Gasteiger partial charge in [-0.1, -0.05) is 85.4 Å². The first kappa shape index (κ1) is 23.3. The summed E-state index contributed by atoms with van der Waals surface area (Å²) in [7, 11) is 0. The van der Waals surface area contributed by atoms with Crippen molar-refractivity contribution in [3.63, 3.8) is 0 Å². The van der Waals surface area contributed by atoms with Crippen LogP contribution in [0.1, 0.15) is 18.9 Å². The van der Waals surface area contributed by atoms with Crippen LogP contribution in [0.5, 0.6) is 0 Å². The summed E-state index contributed by atoms with van der Waals surface area (Å²) < 4.78 is 0. The predicted octanol–water partition coefficient (Wildman–Crippen LogP) is 6.47. The summed E-state index contributed by atoms with van der Waals surface area (Å²) in [6, 6.07) is 24.3. The normalized spacial score (nSPS) is 11.7. The molecule has 34 heavy (non-hydrogen) atoms. The lowest BCUT2D eigenvalue weighted by atomic mass is 10.1. The Bertz CT molecular complexity index is 1250. The van der Waals surface area contributed by atoms with Gasteiger partial charge in [-0.15, -0.1) is 0 Å².